The van der Waals surface area contributed by atoms with Crippen LogP contribution in [-0.2, 0) is 24.9 Å². The number of aryl methyl sites for hydroxylation is 4. The molecule has 6 heteroatoms. The van der Waals surface area contributed by atoms with E-state index in [4.69, 9.17) is 5.48 Å². The molecule has 0 bridgehead atoms. The number of allylic oxidation sites excluding steroid dienone is 2. The third-order valence-corrected chi connectivity index (χ3v) is 8.93. The van der Waals surface area contributed by atoms with Gasteiger partial charge in [-0.1, -0.05) is 97.0 Å². The van der Waals surface area contributed by atoms with Gasteiger partial charge >= 0.3 is 0 Å². The quantitative estimate of drug-likeness (QED) is 0.0845. The van der Waals surface area contributed by atoms with Gasteiger partial charge in [0.15, 0.2) is 5.78 Å². The first-order valence-corrected chi connectivity index (χ1v) is 18.0. The van der Waals surface area contributed by atoms with E-state index in [1.54, 1.807) is 0 Å². The average molecular weight is 891 g/mol. The predicted molar refractivity (Wildman–Crippen MR) is 215 cm³/mol. The van der Waals surface area contributed by atoms with E-state index >= 15 is 0 Å². The van der Waals surface area contributed by atoms with Crippen LogP contribution in [0.15, 0.2) is 109 Å². The number of aliphatic hydroxyl groups excluding tert-OH is 1. The number of benzene rings is 4. The standard InChI is InChI=1S/2C17H14N.C13H23FO2.Ir/c2*1-12-9-13(2)11-15(10-12)17-16-6-4-3-5-14(16)7-8-18-17;1-4-10(5-2)12(15)9-13(16)11(6-3)7-8-14;/h2*3-10H,1-2H3;9-11,16H,4-8H2,1-3H3;/q2*-1;;/b;;13-9-;/i2*7D,8D;;. The zero-order valence-corrected chi connectivity index (χ0v) is 34.1. The molecule has 2 aromatic heterocycles. The number of rotatable bonds is 10. The molecule has 0 aliphatic heterocycles. The SMILES string of the molecule is CCC(CC)C(=O)/C=C(\O)C(CC)CCF.[2H]c1nc(-c2[c-]c(C)cc(C)c2)c2ccccc2c1[2H].[2H]c1nc(-c2[c-]c(C)cc(C)c2)c2ccccc2c1[2H].[Ir]. The van der Waals surface area contributed by atoms with Crippen molar-refractivity contribution in [1.82, 2.24) is 9.97 Å². The number of pyridine rings is 2. The normalized spacial score (nSPS) is 12.7. The Hall–Kier alpha value is -4.51. The number of carbonyl (C=O) groups is 1. The van der Waals surface area contributed by atoms with E-state index in [2.05, 4.69) is 34.2 Å². The first kappa shape index (κ1) is 36.8. The van der Waals surface area contributed by atoms with Gasteiger partial charge in [0.1, 0.15) is 0 Å². The molecule has 1 radical (unpaired) electrons. The van der Waals surface area contributed by atoms with Gasteiger partial charge in [-0.3, -0.25) is 9.18 Å². The maximum Gasteiger partial charge on any atom is 0.162 e. The fourth-order valence-electron chi connectivity index (χ4n) is 6.23. The van der Waals surface area contributed by atoms with Gasteiger partial charge in [-0.05, 0) is 70.7 Å². The zero-order chi connectivity index (χ0) is 41.1. The second-order valence-electron chi connectivity index (χ2n) is 13.1. The molecule has 279 valence electrons. The molecular formula is C47H51FIrN2O2-2. The van der Waals surface area contributed by atoms with Gasteiger partial charge in [0.05, 0.1) is 17.9 Å². The van der Waals surface area contributed by atoms with Crippen molar-refractivity contribution in [3.8, 4) is 22.5 Å². The van der Waals surface area contributed by atoms with Gasteiger partial charge in [0.2, 0.25) is 0 Å². The van der Waals surface area contributed by atoms with E-state index in [1.807, 2.05) is 109 Å². The monoisotopic (exact) mass is 891 g/mol. The Balaban J connectivity index is 0.000000229. The molecule has 4 nitrogen and oxygen atoms in total. The molecule has 6 aromatic rings. The Morgan fingerprint density at radius 1 is 0.755 bits per heavy atom. The van der Waals surface area contributed by atoms with Gasteiger partial charge in [-0.25, -0.2) is 0 Å². The maximum absolute atomic E-state index is 12.2. The van der Waals surface area contributed by atoms with Crippen LogP contribution < -0.4 is 0 Å². The summed E-state index contributed by atoms with van der Waals surface area (Å²) in [6, 6.07) is 30.3. The van der Waals surface area contributed by atoms with E-state index in [-0.39, 0.29) is 74.3 Å². The van der Waals surface area contributed by atoms with Crippen LogP contribution in [0.25, 0.3) is 44.1 Å². The summed E-state index contributed by atoms with van der Waals surface area (Å²) in [4.78, 5) is 20.3. The molecule has 0 fully saturated rings. The van der Waals surface area contributed by atoms with E-state index < -0.39 is 6.67 Å². The molecule has 1 atom stereocenters. The van der Waals surface area contributed by atoms with Crippen LogP contribution in [0, 0.1) is 51.7 Å². The van der Waals surface area contributed by atoms with Crippen molar-refractivity contribution < 1.29 is 39.9 Å². The van der Waals surface area contributed by atoms with Crippen LogP contribution in [0.4, 0.5) is 4.39 Å². The molecule has 0 saturated heterocycles. The predicted octanol–water partition coefficient (Wildman–Crippen LogP) is 12.5. The van der Waals surface area contributed by atoms with E-state index in [0.717, 1.165) is 79.2 Å². The zero-order valence-electron chi connectivity index (χ0n) is 35.7. The molecule has 0 aliphatic rings. The molecule has 4 aromatic carbocycles. The summed E-state index contributed by atoms with van der Waals surface area (Å²) >= 11 is 0. The van der Waals surface area contributed by atoms with E-state index in [0.29, 0.717) is 6.42 Å². The van der Waals surface area contributed by atoms with Crippen molar-refractivity contribution >= 4 is 27.3 Å². The van der Waals surface area contributed by atoms with Gasteiger partial charge in [0, 0.05) is 50.4 Å². The number of aliphatic hydroxyl groups is 1. The third kappa shape index (κ3) is 12.0. The summed E-state index contributed by atoms with van der Waals surface area (Å²) in [6.07, 6.45) is 3.80. The van der Waals surface area contributed by atoms with E-state index in [1.165, 1.54) is 6.08 Å². The third-order valence-electron chi connectivity index (χ3n) is 8.93. The molecule has 0 spiro atoms. The number of halogens is 1. The van der Waals surface area contributed by atoms with Crippen LogP contribution >= 0.6 is 0 Å². The average Bonchev–Trinajstić information content (AvgIpc) is 3.17. The van der Waals surface area contributed by atoms with Crippen molar-refractivity contribution in [2.45, 2.75) is 74.1 Å². The molecular weight excluding hydrogens is 836 g/mol. The Kier molecular flexibility index (Phi) is 14.8. The minimum atomic E-state index is -0.463. The number of nitrogens with zero attached hydrogens (tertiary/aromatic N) is 2. The first-order valence-electron chi connectivity index (χ1n) is 20.0. The van der Waals surface area contributed by atoms with Gasteiger partial charge in [-0.2, -0.15) is 0 Å². The molecule has 0 saturated carbocycles. The number of fused-ring (bicyclic) bond motifs is 2. The Labute approximate surface area is 334 Å². The molecule has 2 heterocycles. The molecule has 0 amide bonds. The van der Waals surface area contributed by atoms with Crippen LogP contribution in [0.2, 0.25) is 0 Å². The Morgan fingerprint density at radius 3 is 1.58 bits per heavy atom. The van der Waals surface area contributed by atoms with Crippen LogP contribution in [0.1, 0.15) is 74.2 Å². The van der Waals surface area contributed by atoms with Gasteiger partial charge in [0.25, 0.3) is 0 Å². The van der Waals surface area contributed by atoms with Crippen molar-refractivity contribution in [2.24, 2.45) is 11.8 Å². The fraction of sp³-hybridized carbons (Fsp3) is 0.298. The van der Waals surface area contributed by atoms with Gasteiger partial charge in [-0.15, -0.1) is 69.8 Å². The Morgan fingerprint density at radius 2 is 1.19 bits per heavy atom. The summed E-state index contributed by atoms with van der Waals surface area (Å²) in [5.74, 6) is -0.245. The minimum absolute atomic E-state index is 0. The fourth-order valence-corrected chi connectivity index (χ4v) is 6.23. The second-order valence-corrected chi connectivity index (χ2v) is 13.1. The summed E-state index contributed by atoms with van der Waals surface area (Å²) in [7, 11) is 0. The molecule has 1 unspecified atom stereocenters. The summed E-state index contributed by atoms with van der Waals surface area (Å²) in [5, 5.41) is 13.0. The minimum Gasteiger partial charge on any atom is -0.512 e. The summed E-state index contributed by atoms with van der Waals surface area (Å²) < 4.78 is 43.9. The van der Waals surface area contributed by atoms with Crippen molar-refractivity contribution in [3.63, 3.8) is 0 Å². The summed E-state index contributed by atoms with van der Waals surface area (Å²) in [6.45, 7) is 13.4. The number of hydrogen-bond acceptors (Lipinski definition) is 4. The largest absolute Gasteiger partial charge is 0.512 e. The number of ketones is 1. The van der Waals surface area contributed by atoms with Crippen molar-refractivity contribution in [1.29, 1.82) is 0 Å². The molecule has 53 heavy (non-hydrogen) atoms. The summed E-state index contributed by atoms with van der Waals surface area (Å²) in [5.41, 5.74) is 7.60. The number of hydrogen-bond donors (Lipinski definition) is 1. The van der Waals surface area contributed by atoms with Crippen molar-refractivity contribution in [2.75, 3.05) is 6.67 Å². The van der Waals surface area contributed by atoms with Crippen LogP contribution in [-0.4, -0.2) is 27.5 Å². The first-order chi connectivity index (χ1) is 26.7. The molecule has 1 N–H and O–H groups in total. The number of carbonyl (C=O) groups excluding carboxylic acids is 1. The number of aromatic nitrogens is 2. The maximum atomic E-state index is 12.2. The van der Waals surface area contributed by atoms with Gasteiger partial charge < -0.3 is 15.1 Å². The number of alkyl halides is 1. The second kappa shape index (κ2) is 21.3. The molecule has 6 rings (SSSR count). The smallest absolute Gasteiger partial charge is 0.162 e. The van der Waals surface area contributed by atoms with E-state index in [9.17, 15) is 14.3 Å². The topological polar surface area (TPSA) is 63.1 Å². The van der Waals surface area contributed by atoms with Crippen molar-refractivity contribution in [3.05, 3.63) is 143 Å². The molecule has 0 aliphatic carbocycles. The van der Waals surface area contributed by atoms with Crippen LogP contribution in [0.5, 0.6) is 0 Å². The van der Waals surface area contributed by atoms with Crippen LogP contribution in [0.3, 0.4) is 0 Å². The Bertz CT molecular complexity index is 2170.